The van der Waals surface area contributed by atoms with Crippen molar-refractivity contribution in [2.24, 2.45) is 0 Å². The van der Waals surface area contributed by atoms with Gasteiger partial charge >= 0.3 is 0 Å². The molecule has 0 radical (unpaired) electrons. The van der Waals surface area contributed by atoms with Crippen molar-refractivity contribution in [3.05, 3.63) is 46.9 Å². The van der Waals surface area contributed by atoms with E-state index in [1.54, 1.807) is 18.5 Å². The lowest BCUT2D eigenvalue weighted by molar-refractivity contribution is -0.384. The van der Waals surface area contributed by atoms with Gasteiger partial charge in [-0.1, -0.05) is 13.8 Å². The molecule has 2 aromatic rings. The third-order valence-electron chi connectivity index (χ3n) is 2.37. The summed E-state index contributed by atoms with van der Waals surface area (Å²) in [6, 6.07) is 6.39. The molecule has 5 heteroatoms. The van der Waals surface area contributed by atoms with E-state index in [0.29, 0.717) is 0 Å². The number of rotatable bonds is 3. The molecular weight excluding hydrogens is 230 g/mol. The van der Waals surface area contributed by atoms with E-state index in [-0.39, 0.29) is 5.69 Å². The fourth-order valence-electron chi connectivity index (χ4n) is 1.44. The second-order valence-electron chi connectivity index (χ2n) is 3.39. The summed E-state index contributed by atoms with van der Waals surface area (Å²) in [5.41, 5.74) is 1.81. The van der Waals surface area contributed by atoms with Crippen molar-refractivity contribution in [1.29, 1.82) is 0 Å². The van der Waals surface area contributed by atoms with Crippen molar-refractivity contribution in [2.75, 3.05) is 0 Å². The van der Waals surface area contributed by atoms with E-state index in [9.17, 15) is 10.1 Å². The van der Waals surface area contributed by atoms with Crippen LogP contribution in [0.25, 0.3) is 11.3 Å². The zero-order valence-corrected chi connectivity index (χ0v) is 10.8. The number of aromatic nitrogens is 2. The summed E-state index contributed by atoms with van der Waals surface area (Å²) in [5.74, 6) is 0. The monoisotopic (exact) mass is 247 g/mol. The number of benzene rings is 1. The van der Waals surface area contributed by atoms with Crippen molar-refractivity contribution in [3.63, 3.8) is 0 Å². The normalized spacial score (nSPS) is 9.50. The minimum absolute atomic E-state index is 0.0960. The summed E-state index contributed by atoms with van der Waals surface area (Å²) in [7, 11) is 0. The molecule has 0 aliphatic rings. The van der Waals surface area contributed by atoms with Crippen molar-refractivity contribution in [1.82, 2.24) is 9.55 Å². The highest BCUT2D eigenvalue weighted by Gasteiger charge is 2.06. The quantitative estimate of drug-likeness (QED) is 0.616. The molecule has 2 rings (SSSR count). The topological polar surface area (TPSA) is 61.0 Å². The zero-order valence-electron chi connectivity index (χ0n) is 10.8. The molecule has 0 saturated carbocycles. The second-order valence-corrected chi connectivity index (χ2v) is 3.39. The average molecular weight is 247 g/mol. The van der Waals surface area contributed by atoms with Crippen LogP contribution in [0.1, 0.15) is 20.8 Å². The third kappa shape index (κ3) is 3.16. The Hall–Kier alpha value is -2.17. The molecule has 18 heavy (non-hydrogen) atoms. The van der Waals surface area contributed by atoms with Crippen LogP contribution in [0.4, 0.5) is 5.69 Å². The number of hydrogen-bond acceptors (Lipinski definition) is 3. The van der Waals surface area contributed by atoms with Crippen LogP contribution >= 0.6 is 0 Å². The number of hydrogen-bond donors (Lipinski definition) is 0. The first kappa shape index (κ1) is 13.9. The molecule has 1 heterocycles. The number of aryl methyl sites for hydroxylation is 1. The van der Waals surface area contributed by atoms with E-state index in [2.05, 4.69) is 4.98 Å². The van der Waals surface area contributed by atoms with Crippen LogP contribution in [0.2, 0.25) is 0 Å². The Morgan fingerprint density at radius 1 is 1.28 bits per heavy atom. The van der Waals surface area contributed by atoms with Gasteiger partial charge in [0.15, 0.2) is 0 Å². The van der Waals surface area contributed by atoms with E-state index in [1.807, 2.05) is 31.5 Å². The Balaban J connectivity index is 0.000000771. The van der Waals surface area contributed by atoms with Gasteiger partial charge < -0.3 is 4.57 Å². The number of imidazole rings is 1. The molecule has 0 saturated heterocycles. The van der Waals surface area contributed by atoms with E-state index < -0.39 is 4.92 Å². The van der Waals surface area contributed by atoms with Crippen molar-refractivity contribution >= 4 is 5.69 Å². The molecule has 0 spiro atoms. The fourth-order valence-corrected chi connectivity index (χ4v) is 1.44. The highest BCUT2D eigenvalue weighted by Crippen LogP contribution is 2.20. The zero-order chi connectivity index (χ0) is 13.5. The van der Waals surface area contributed by atoms with E-state index >= 15 is 0 Å². The first-order chi connectivity index (χ1) is 8.70. The predicted molar refractivity (Wildman–Crippen MR) is 71.3 cm³/mol. The molecule has 0 amide bonds. The van der Waals surface area contributed by atoms with Crippen LogP contribution in [0, 0.1) is 10.1 Å². The molecule has 0 unspecified atom stereocenters. The lowest BCUT2D eigenvalue weighted by Gasteiger charge is -1.96. The molecule has 0 bridgehead atoms. The van der Waals surface area contributed by atoms with Gasteiger partial charge in [-0.15, -0.1) is 0 Å². The fraction of sp³-hybridized carbons (Fsp3) is 0.308. The predicted octanol–water partition coefficient (Wildman–Crippen LogP) is 3.50. The molecule has 1 aromatic heterocycles. The van der Waals surface area contributed by atoms with Crippen molar-refractivity contribution in [2.45, 2.75) is 27.3 Å². The van der Waals surface area contributed by atoms with Crippen LogP contribution < -0.4 is 0 Å². The maximum absolute atomic E-state index is 10.5. The Bertz CT molecular complexity index is 503. The molecule has 1 aromatic carbocycles. The Morgan fingerprint density at radius 2 is 1.89 bits per heavy atom. The lowest BCUT2D eigenvalue weighted by atomic mass is 10.1. The van der Waals surface area contributed by atoms with Crippen LogP contribution in [0.3, 0.4) is 0 Å². The van der Waals surface area contributed by atoms with Crippen molar-refractivity contribution in [3.8, 4) is 11.3 Å². The molecule has 0 aliphatic heterocycles. The maximum atomic E-state index is 10.5. The molecule has 0 aliphatic carbocycles. The van der Waals surface area contributed by atoms with Gasteiger partial charge in [0.1, 0.15) is 0 Å². The number of nitro groups is 1. The van der Waals surface area contributed by atoms with E-state index in [0.717, 1.165) is 17.8 Å². The summed E-state index contributed by atoms with van der Waals surface area (Å²) in [6.07, 6.45) is 3.66. The Kier molecular flexibility index (Phi) is 5.05. The SMILES string of the molecule is CC.CCn1cnc(-c2ccc([N+](=O)[O-])cc2)c1. The largest absolute Gasteiger partial charge is 0.337 e. The number of nitro benzene ring substituents is 1. The standard InChI is InChI=1S/C11H11N3O2.C2H6/c1-2-13-7-11(12-8-13)9-3-5-10(6-4-9)14(15)16;1-2/h3-8H,2H2,1H3;1-2H3. The molecule has 5 nitrogen and oxygen atoms in total. The highest BCUT2D eigenvalue weighted by atomic mass is 16.6. The van der Waals surface area contributed by atoms with Crippen molar-refractivity contribution < 1.29 is 4.92 Å². The van der Waals surface area contributed by atoms with Crippen LogP contribution in [0.15, 0.2) is 36.8 Å². The number of nitrogens with zero attached hydrogens (tertiary/aromatic N) is 3. The smallest absolute Gasteiger partial charge is 0.269 e. The summed E-state index contributed by atoms with van der Waals surface area (Å²) in [4.78, 5) is 14.3. The minimum atomic E-state index is -0.408. The molecule has 0 atom stereocenters. The number of non-ortho nitro benzene ring substituents is 1. The molecule has 96 valence electrons. The Labute approximate surface area is 106 Å². The van der Waals surface area contributed by atoms with E-state index in [1.165, 1.54) is 12.1 Å². The summed E-state index contributed by atoms with van der Waals surface area (Å²) in [6.45, 7) is 6.89. The van der Waals surface area contributed by atoms with Gasteiger partial charge in [-0.3, -0.25) is 10.1 Å². The van der Waals surface area contributed by atoms with Crippen LogP contribution in [-0.4, -0.2) is 14.5 Å². The van der Waals surface area contributed by atoms with Gasteiger partial charge in [0.2, 0.25) is 0 Å². The van der Waals surface area contributed by atoms with Crippen LogP contribution in [0.5, 0.6) is 0 Å². The second kappa shape index (κ2) is 6.54. The summed E-state index contributed by atoms with van der Waals surface area (Å²) >= 11 is 0. The van der Waals surface area contributed by atoms with Gasteiger partial charge in [0.25, 0.3) is 5.69 Å². The van der Waals surface area contributed by atoms with Gasteiger partial charge in [-0.25, -0.2) is 4.98 Å². The average Bonchev–Trinajstić information content (AvgIpc) is 2.90. The molecular formula is C13H17N3O2. The third-order valence-corrected chi connectivity index (χ3v) is 2.37. The van der Waals surface area contributed by atoms with Gasteiger partial charge in [-0.05, 0) is 19.1 Å². The summed E-state index contributed by atoms with van der Waals surface area (Å²) in [5, 5.41) is 10.5. The summed E-state index contributed by atoms with van der Waals surface area (Å²) < 4.78 is 1.96. The lowest BCUT2D eigenvalue weighted by Crippen LogP contribution is -1.88. The van der Waals surface area contributed by atoms with E-state index in [4.69, 9.17) is 0 Å². The molecule has 0 N–H and O–H groups in total. The first-order valence-corrected chi connectivity index (χ1v) is 5.97. The first-order valence-electron chi connectivity index (χ1n) is 5.97. The maximum Gasteiger partial charge on any atom is 0.269 e. The highest BCUT2D eigenvalue weighted by molar-refractivity contribution is 5.60. The molecule has 0 fully saturated rings. The van der Waals surface area contributed by atoms with Gasteiger partial charge in [0.05, 0.1) is 16.9 Å². The minimum Gasteiger partial charge on any atom is -0.337 e. The Morgan fingerprint density at radius 3 is 2.33 bits per heavy atom. The van der Waals surface area contributed by atoms with Crippen LogP contribution in [-0.2, 0) is 6.54 Å². The van der Waals surface area contributed by atoms with Gasteiger partial charge in [-0.2, -0.15) is 0 Å². The van der Waals surface area contributed by atoms with Gasteiger partial charge in [0, 0.05) is 30.4 Å².